The van der Waals surface area contributed by atoms with Crippen LogP contribution in [0.5, 0.6) is 5.75 Å². The number of nitrogens with one attached hydrogen (secondary N) is 1. The van der Waals surface area contributed by atoms with Crippen molar-refractivity contribution in [3.8, 4) is 5.75 Å². The Morgan fingerprint density at radius 2 is 1.83 bits per heavy atom. The lowest BCUT2D eigenvalue weighted by Crippen LogP contribution is -2.40. The first-order valence-electron chi connectivity index (χ1n) is 9.96. The van der Waals surface area contributed by atoms with Gasteiger partial charge in [-0.25, -0.2) is 4.79 Å². The number of amides is 2. The molecule has 0 saturated carbocycles. The molecule has 7 heteroatoms. The van der Waals surface area contributed by atoms with Crippen LogP contribution in [-0.2, 0) is 23.1 Å². The van der Waals surface area contributed by atoms with Gasteiger partial charge in [0.1, 0.15) is 5.75 Å². The van der Waals surface area contributed by atoms with Crippen molar-refractivity contribution in [3.05, 3.63) is 59.7 Å². The van der Waals surface area contributed by atoms with E-state index in [4.69, 9.17) is 4.18 Å². The van der Waals surface area contributed by atoms with Crippen LogP contribution in [0, 0.1) is 0 Å². The maximum absolute atomic E-state index is 13.0. The van der Waals surface area contributed by atoms with Crippen molar-refractivity contribution in [2.45, 2.75) is 53.1 Å². The smallest absolute Gasteiger partial charge is 0.322 e. The van der Waals surface area contributed by atoms with Gasteiger partial charge in [-0.05, 0) is 56.0 Å². The Morgan fingerprint density at radius 3 is 2.48 bits per heavy atom. The predicted molar refractivity (Wildman–Crippen MR) is 117 cm³/mol. The summed E-state index contributed by atoms with van der Waals surface area (Å²) in [5.74, 6) is 0.153. The van der Waals surface area contributed by atoms with Gasteiger partial charge in [0.2, 0.25) is 0 Å². The highest BCUT2D eigenvalue weighted by atomic mass is 32.2. The van der Waals surface area contributed by atoms with Gasteiger partial charge in [0.25, 0.3) is 0 Å². The molecule has 0 aromatic heterocycles. The van der Waals surface area contributed by atoms with E-state index in [1.54, 1.807) is 23.1 Å². The van der Waals surface area contributed by atoms with Crippen molar-refractivity contribution in [3.63, 3.8) is 0 Å². The maximum Gasteiger partial charge on any atom is 0.322 e. The van der Waals surface area contributed by atoms with Crippen molar-refractivity contribution in [2.24, 2.45) is 0 Å². The Labute approximate surface area is 174 Å². The van der Waals surface area contributed by atoms with Gasteiger partial charge in [-0.2, -0.15) is 8.42 Å². The Balaban J connectivity index is 2.22. The molecule has 0 unspecified atom stereocenters. The molecule has 0 saturated heterocycles. The van der Waals surface area contributed by atoms with Gasteiger partial charge in [-0.15, -0.1) is 0 Å². The first-order valence-corrected chi connectivity index (χ1v) is 11.5. The van der Waals surface area contributed by atoms with Crippen LogP contribution < -0.4 is 9.50 Å². The number of carbonyl (C=O) groups excluding carboxylic acids is 1. The highest BCUT2D eigenvalue weighted by Crippen LogP contribution is 2.21. The molecule has 6 nitrogen and oxygen atoms in total. The second-order valence-corrected chi connectivity index (χ2v) is 8.76. The number of anilines is 1. The fourth-order valence-corrected chi connectivity index (χ4v) is 3.40. The van der Waals surface area contributed by atoms with Gasteiger partial charge < -0.3 is 14.4 Å². The Hall–Kier alpha value is -2.54. The van der Waals surface area contributed by atoms with Crippen LogP contribution in [0.15, 0.2) is 48.5 Å². The molecule has 2 amide bonds. The molecule has 0 spiro atoms. The Bertz CT molecular complexity index is 928. The number of rotatable bonds is 9. The van der Waals surface area contributed by atoms with Crippen molar-refractivity contribution in [1.29, 1.82) is 0 Å². The number of hydrogen-bond donors (Lipinski definition) is 1. The van der Waals surface area contributed by atoms with Gasteiger partial charge in [0.05, 0.1) is 5.75 Å². The summed E-state index contributed by atoms with van der Waals surface area (Å²) in [6.07, 6.45) is 1.62. The number of para-hydroxylation sites is 1. The van der Waals surface area contributed by atoms with E-state index >= 15 is 0 Å². The third-order valence-corrected chi connectivity index (χ3v) is 6.01. The molecular formula is C22H30N2O4S. The SMILES string of the molecule is CCc1ccccc1NC(=O)N(Cc1cccc(OS(=O)(=O)CC)c1)[C@H](C)CC. The first-order chi connectivity index (χ1) is 13.8. The van der Waals surface area contributed by atoms with Crippen molar-refractivity contribution in [1.82, 2.24) is 4.90 Å². The molecule has 29 heavy (non-hydrogen) atoms. The highest BCUT2D eigenvalue weighted by Gasteiger charge is 2.20. The molecule has 0 aliphatic rings. The third kappa shape index (κ3) is 6.49. The number of nitrogens with zero attached hydrogens (tertiary/aromatic N) is 1. The molecule has 0 fully saturated rings. The van der Waals surface area contributed by atoms with E-state index in [0.29, 0.717) is 6.54 Å². The van der Waals surface area contributed by atoms with Crippen molar-refractivity contribution >= 4 is 21.8 Å². The van der Waals surface area contributed by atoms with Crippen molar-refractivity contribution < 1.29 is 17.4 Å². The van der Waals surface area contributed by atoms with E-state index in [0.717, 1.165) is 29.7 Å². The lowest BCUT2D eigenvalue weighted by Gasteiger charge is -2.29. The van der Waals surface area contributed by atoms with Gasteiger partial charge in [0.15, 0.2) is 0 Å². The van der Waals surface area contributed by atoms with E-state index in [1.165, 1.54) is 6.92 Å². The summed E-state index contributed by atoms with van der Waals surface area (Å²) in [6.45, 7) is 7.94. The highest BCUT2D eigenvalue weighted by molar-refractivity contribution is 7.87. The summed E-state index contributed by atoms with van der Waals surface area (Å²) < 4.78 is 28.6. The van der Waals surface area contributed by atoms with E-state index in [9.17, 15) is 13.2 Å². The normalized spacial score (nSPS) is 12.3. The molecule has 2 aromatic carbocycles. The average molecular weight is 419 g/mol. The fourth-order valence-electron chi connectivity index (χ4n) is 2.88. The lowest BCUT2D eigenvalue weighted by molar-refractivity contribution is 0.187. The lowest BCUT2D eigenvalue weighted by atomic mass is 10.1. The molecule has 1 atom stereocenters. The maximum atomic E-state index is 13.0. The van der Waals surface area contributed by atoms with Gasteiger partial charge in [-0.3, -0.25) is 0 Å². The van der Waals surface area contributed by atoms with Gasteiger partial charge >= 0.3 is 16.1 Å². The zero-order valence-corrected chi connectivity index (χ0v) is 18.3. The minimum absolute atomic E-state index is 0.00716. The van der Waals surface area contributed by atoms with E-state index in [-0.39, 0.29) is 23.6 Å². The van der Waals surface area contributed by atoms with Crippen LogP contribution in [0.25, 0.3) is 0 Å². The zero-order chi connectivity index (χ0) is 21.4. The molecule has 0 aliphatic carbocycles. The third-order valence-electron chi connectivity index (χ3n) is 4.85. The summed E-state index contributed by atoms with van der Waals surface area (Å²) in [4.78, 5) is 14.8. The molecule has 0 radical (unpaired) electrons. The van der Waals surface area contributed by atoms with E-state index < -0.39 is 10.1 Å². The molecule has 2 rings (SSSR count). The van der Waals surface area contributed by atoms with Crippen LogP contribution in [0.1, 0.15) is 45.2 Å². The number of carbonyl (C=O) groups is 1. The second-order valence-electron chi connectivity index (χ2n) is 6.90. The van der Waals surface area contributed by atoms with Crippen LogP contribution in [0.2, 0.25) is 0 Å². The molecule has 0 aliphatic heterocycles. The summed E-state index contributed by atoms with van der Waals surface area (Å²) in [7, 11) is -3.60. The van der Waals surface area contributed by atoms with Gasteiger partial charge in [0, 0.05) is 18.3 Å². The van der Waals surface area contributed by atoms with Gasteiger partial charge in [-0.1, -0.05) is 44.2 Å². The largest absolute Gasteiger partial charge is 0.382 e. The molecule has 158 valence electrons. The van der Waals surface area contributed by atoms with Crippen LogP contribution >= 0.6 is 0 Å². The summed E-state index contributed by atoms with van der Waals surface area (Å²) in [5.41, 5.74) is 2.68. The molecule has 0 bridgehead atoms. The predicted octanol–water partition coefficient (Wildman–Crippen LogP) is 4.81. The topological polar surface area (TPSA) is 75.7 Å². The molecular weight excluding hydrogens is 388 g/mol. The standard InChI is InChI=1S/C22H30N2O4S/c1-5-17(4)24(22(25)23-21-14-9-8-12-19(21)6-2)16-18-11-10-13-20(15-18)28-29(26,27)7-3/h8-15,17H,5-7,16H2,1-4H3,(H,23,25)/t17-/m1/s1. The van der Waals surface area contributed by atoms with Crippen LogP contribution in [-0.4, -0.2) is 31.1 Å². The number of benzene rings is 2. The summed E-state index contributed by atoms with van der Waals surface area (Å²) >= 11 is 0. The number of aryl methyl sites for hydroxylation is 1. The number of hydrogen-bond acceptors (Lipinski definition) is 4. The monoisotopic (exact) mass is 418 g/mol. The number of urea groups is 1. The Morgan fingerprint density at radius 1 is 1.10 bits per heavy atom. The summed E-state index contributed by atoms with van der Waals surface area (Å²) in [5, 5.41) is 3.02. The fraction of sp³-hybridized carbons (Fsp3) is 0.409. The molecule has 1 N–H and O–H groups in total. The Kier molecular flexibility index (Phi) is 8.08. The molecule has 0 heterocycles. The van der Waals surface area contributed by atoms with E-state index in [1.807, 2.05) is 51.1 Å². The summed E-state index contributed by atoms with van der Waals surface area (Å²) in [6, 6.07) is 14.4. The van der Waals surface area contributed by atoms with Crippen LogP contribution in [0.3, 0.4) is 0 Å². The second kappa shape index (κ2) is 10.3. The van der Waals surface area contributed by atoms with Crippen molar-refractivity contribution in [2.75, 3.05) is 11.1 Å². The van der Waals surface area contributed by atoms with Crippen LogP contribution in [0.4, 0.5) is 10.5 Å². The average Bonchev–Trinajstić information content (AvgIpc) is 2.71. The minimum Gasteiger partial charge on any atom is -0.382 e. The quantitative estimate of drug-likeness (QED) is 0.593. The first kappa shape index (κ1) is 22.7. The minimum atomic E-state index is -3.60. The van der Waals surface area contributed by atoms with E-state index in [2.05, 4.69) is 5.32 Å². The zero-order valence-electron chi connectivity index (χ0n) is 17.5. The molecule has 2 aromatic rings.